The highest BCUT2D eigenvalue weighted by Gasteiger charge is 2.22. The standard InChI is InChI=1S/C18H37N5.HI/c1-4-11-22-13-9-16(10-14-22)21-18(19-3)20-15-17-8-6-7-12-23(17)5-2;/h16-17H,4-15H2,1-3H3,(H2,19,20,21);1H. The topological polar surface area (TPSA) is 42.9 Å². The van der Waals surface area contributed by atoms with Gasteiger partial charge in [0.2, 0.25) is 0 Å². The monoisotopic (exact) mass is 451 g/mol. The molecule has 0 aromatic heterocycles. The molecule has 2 N–H and O–H groups in total. The van der Waals surface area contributed by atoms with Crippen LogP contribution in [0.1, 0.15) is 52.4 Å². The average molecular weight is 451 g/mol. The van der Waals surface area contributed by atoms with Crippen LogP contribution in [0.5, 0.6) is 0 Å². The smallest absolute Gasteiger partial charge is 0.191 e. The Morgan fingerprint density at radius 2 is 1.83 bits per heavy atom. The van der Waals surface area contributed by atoms with Crippen molar-refractivity contribution >= 4 is 29.9 Å². The molecule has 2 rings (SSSR count). The molecule has 142 valence electrons. The lowest BCUT2D eigenvalue weighted by molar-refractivity contribution is 0.157. The quantitative estimate of drug-likeness (QED) is 0.370. The summed E-state index contributed by atoms with van der Waals surface area (Å²) in [4.78, 5) is 9.62. The summed E-state index contributed by atoms with van der Waals surface area (Å²) in [6.45, 7) is 11.6. The van der Waals surface area contributed by atoms with Crippen LogP contribution in [0, 0.1) is 0 Å². The number of hydrogen-bond donors (Lipinski definition) is 2. The van der Waals surface area contributed by atoms with E-state index in [1.807, 2.05) is 7.05 Å². The maximum Gasteiger partial charge on any atom is 0.191 e. The molecule has 2 aliphatic rings. The molecular formula is C18H38IN5. The first-order chi connectivity index (χ1) is 11.3. The third-order valence-corrected chi connectivity index (χ3v) is 5.35. The minimum absolute atomic E-state index is 0. The van der Waals surface area contributed by atoms with E-state index < -0.39 is 0 Å². The Labute approximate surface area is 166 Å². The second-order valence-electron chi connectivity index (χ2n) is 6.99. The molecule has 2 heterocycles. The molecule has 0 aliphatic carbocycles. The number of aliphatic imine (C=N–C) groups is 1. The highest BCUT2D eigenvalue weighted by atomic mass is 127. The second kappa shape index (κ2) is 12.3. The van der Waals surface area contributed by atoms with Gasteiger partial charge in [0.05, 0.1) is 0 Å². The van der Waals surface area contributed by atoms with E-state index in [1.54, 1.807) is 0 Å². The van der Waals surface area contributed by atoms with Crippen LogP contribution in [0.4, 0.5) is 0 Å². The third kappa shape index (κ3) is 7.04. The highest BCUT2D eigenvalue weighted by molar-refractivity contribution is 14.0. The Morgan fingerprint density at radius 3 is 2.46 bits per heavy atom. The van der Waals surface area contributed by atoms with Gasteiger partial charge in [0.1, 0.15) is 0 Å². The van der Waals surface area contributed by atoms with Crippen molar-refractivity contribution < 1.29 is 0 Å². The highest BCUT2D eigenvalue weighted by Crippen LogP contribution is 2.16. The zero-order valence-electron chi connectivity index (χ0n) is 15.9. The molecule has 0 saturated carbocycles. The molecule has 0 bridgehead atoms. The number of likely N-dealkylation sites (tertiary alicyclic amines) is 2. The van der Waals surface area contributed by atoms with Gasteiger partial charge in [-0.05, 0) is 51.7 Å². The van der Waals surface area contributed by atoms with Crippen molar-refractivity contribution in [3.8, 4) is 0 Å². The molecule has 1 atom stereocenters. The fraction of sp³-hybridized carbons (Fsp3) is 0.944. The third-order valence-electron chi connectivity index (χ3n) is 5.35. The van der Waals surface area contributed by atoms with Gasteiger partial charge in [-0.2, -0.15) is 0 Å². The van der Waals surface area contributed by atoms with E-state index in [0.29, 0.717) is 12.1 Å². The lowest BCUT2D eigenvalue weighted by Gasteiger charge is -2.36. The number of nitrogens with zero attached hydrogens (tertiary/aromatic N) is 3. The Morgan fingerprint density at radius 1 is 1.08 bits per heavy atom. The molecule has 5 nitrogen and oxygen atoms in total. The molecule has 1 unspecified atom stereocenters. The van der Waals surface area contributed by atoms with Crippen LogP contribution in [-0.2, 0) is 0 Å². The van der Waals surface area contributed by atoms with Crippen LogP contribution in [0.15, 0.2) is 4.99 Å². The lowest BCUT2D eigenvalue weighted by atomic mass is 10.0. The van der Waals surface area contributed by atoms with Crippen LogP contribution < -0.4 is 10.6 Å². The minimum Gasteiger partial charge on any atom is -0.355 e. The molecule has 24 heavy (non-hydrogen) atoms. The molecule has 0 aromatic rings. The average Bonchev–Trinajstić information content (AvgIpc) is 2.60. The van der Waals surface area contributed by atoms with Gasteiger partial charge in [0.15, 0.2) is 5.96 Å². The van der Waals surface area contributed by atoms with Crippen molar-refractivity contribution in [1.29, 1.82) is 0 Å². The van der Waals surface area contributed by atoms with E-state index in [-0.39, 0.29) is 24.0 Å². The number of piperidine rings is 2. The largest absolute Gasteiger partial charge is 0.355 e. The molecule has 2 fully saturated rings. The van der Waals surface area contributed by atoms with Gasteiger partial charge in [-0.15, -0.1) is 24.0 Å². The maximum atomic E-state index is 4.44. The first-order valence-corrected chi connectivity index (χ1v) is 9.70. The summed E-state index contributed by atoms with van der Waals surface area (Å²) < 4.78 is 0. The van der Waals surface area contributed by atoms with E-state index in [0.717, 1.165) is 19.0 Å². The second-order valence-corrected chi connectivity index (χ2v) is 6.99. The van der Waals surface area contributed by atoms with E-state index in [2.05, 4.69) is 39.3 Å². The van der Waals surface area contributed by atoms with Crippen LogP contribution in [-0.4, -0.2) is 74.2 Å². The predicted octanol–water partition coefficient (Wildman–Crippen LogP) is 2.52. The van der Waals surface area contributed by atoms with Gasteiger partial charge in [-0.25, -0.2) is 0 Å². The van der Waals surface area contributed by atoms with Gasteiger partial charge in [0.25, 0.3) is 0 Å². The minimum atomic E-state index is 0. The lowest BCUT2D eigenvalue weighted by Crippen LogP contribution is -2.52. The fourth-order valence-corrected chi connectivity index (χ4v) is 3.93. The first kappa shape index (κ1) is 22.0. The number of rotatable bonds is 6. The van der Waals surface area contributed by atoms with Crippen molar-refractivity contribution in [2.24, 2.45) is 4.99 Å². The summed E-state index contributed by atoms with van der Waals surface area (Å²) in [5.41, 5.74) is 0. The van der Waals surface area contributed by atoms with Gasteiger partial charge in [-0.1, -0.05) is 20.3 Å². The number of likely N-dealkylation sites (N-methyl/N-ethyl adjacent to an activating group) is 1. The van der Waals surface area contributed by atoms with Crippen molar-refractivity contribution in [2.75, 3.05) is 46.3 Å². The van der Waals surface area contributed by atoms with E-state index in [9.17, 15) is 0 Å². The Hall–Kier alpha value is -0.0800. The summed E-state index contributed by atoms with van der Waals surface area (Å²) in [5.74, 6) is 0.987. The number of halogens is 1. The predicted molar refractivity (Wildman–Crippen MR) is 115 cm³/mol. The Kier molecular flexibility index (Phi) is 11.3. The summed E-state index contributed by atoms with van der Waals surface area (Å²) in [7, 11) is 1.89. The molecule has 0 radical (unpaired) electrons. The van der Waals surface area contributed by atoms with Crippen molar-refractivity contribution in [2.45, 2.75) is 64.5 Å². The molecule has 0 spiro atoms. The number of hydrogen-bond acceptors (Lipinski definition) is 3. The molecule has 6 heteroatoms. The zero-order valence-corrected chi connectivity index (χ0v) is 18.2. The summed E-state index contributed by atoms with van der Waals surface area (Å²) in [5, 5.41) is 7.21. The van der Waals surface area contributed by atoms with Crippen LogP contribution in [0.25, 0.3) is 0 Å². The van der Waals surface area contributed by atoms with Gasteiger partial charge < -0.3 is 15.5 Å². The number of guanidine groups is 1. The summed E-state index contributed by atoms with van der Waals surface area (Å²) in [6, 6.07) is 1.24. The van der Waals surface area contributed by atoms with E-state index in [4.69, 9.17) is 0 Å². The van der Waals surface area contributed by atoms with Crippen molar-refractivity contribution in [3.05, 3.63) is 0 Å². The number of nitrogens with one attached hydrogen (secondary N) is 2. The van der Waals surface area contributed by atoms with E-state index in [1.165, 1.54) is 64.7 Å². The Balaban J connectivity index is 0.00000288. The van der Waals surface area contributed by atoms with Crippen molar-refractivity contribution in [3.63, 3.8) is 0 Å². The Bertz CT molecular complexity index is 355. The molecule has 0 aromatic carbocycles. The molecule has 0 amide bonds. The SMILES string of the molecule is CCCN1CCC(NC(=NC)NCC2CCCCN2CC)CC1.I. The molecule has 2 aliphatic heterocycles. The van der Waals surface area contributed by atoms with E-state index >= 15 is 0 Å². The normalized spacial score (nSPS) is 24.5. The molecule has 2 saturated heterocycles. The summed E-state index contributed by atoms with van der Waals surface area (Å²) in [6.07, 6.45) is 7.75. The van der Waals surface area contributed by atoms with Crippen LogP contribution >= 0.6 is 24.0 Å². The van der Waals surface area contributed by atoms with Gasteiger partial charge in [0, 0.05) is 38.8 Å². The van der Waals surface area contributed by atoms with Gasteiger partial charge in [-0.3, -0.25) is 9.89 Å². The molecular weight excluding hydrogens is 413 g/mol. The maximum absolute atomic E-state index is 4.44. The zero-order chi connectivity index (χ0) is 16.5. The first-order valence-electron chi connectivity index (χ1n) is 9.70. The van der Waals surface area contributed by atoms with Crippen molar-refractivity contribution in [1.82, 2.24) is 20.4 Å². The van der Waals surface area contributed by atoms with Crippen LogP contribution in [0.2, 0.25) is 0 Å². The van der Waals surface area contributed by atoms with Crippen LogP contribution in [0.3, 0.4) is 0 Å². The van der Waals surface area contributed by atoms with Gasteiger partial charge >= 0.3 is 0 Å². The fourth-order valence-electron chi connectivity index (χ4n) is 3.93. The summed E-state index contributed by atoms with van der Waals surface area (Å²) >= 11 is 0.